The second kappa shape index (κ2) is 12.3. The summed E-state index contributed by atoms with van der Waals surface area (Å²) in [5, 5.41) is 6.70. The number of rotatable bonds is 5. The Kier molecular flexibility index (Phi) is 10.2. The molecule has 2 saturated heterocycles. The van der Waals surface area contributed by atoms with Crippen molar-refractivity contribution in [3.63, 3.8) is 0 Å². The Hall–Kier alpha value is -1.55. The van der Waals surface area contributed by atoms with E-state index in [1.807, 2.05) is 11.0 Å². The van der Waals surface area contributed by atoms with E-state index < -0.39 is 0 Å². The van der Waals surface area contributed by atoms with Crippen molar-refractivity contribution in [3.8, 4) is 0 Å². The molecule has 2 aliphatic rings. The van der Waals surface area contributed by atoms with Crippen molar-refractivity contribution in [2.45, 2.75) is 38.8 Å². The molecule has 1 amide bonds. The van der Waals surface area contributed by atoms with Crippen LogP contribution in [-0.4, -0.2) is 86.6 Å². The number of para-hydroxylation sites is 1. The van der Waals surface area contributed by atoms with Gasteiger partial charge in [-0.25, -0.2) is 0 Å². The highest BCUT2D eigenvalue weighted by atomic mass is 127. The van der Waals surface area contributed by atoms with E-state index in [1.165, 1.54) is 5.69 Å². The molecule has 2 aliphatic heterocycles. The van der Waals surface area contributed by atoms with Crippen molar-refractivity contribution < 1.29 is 4.79 Å². The zero-order chi connectivity index (χ0) is 20.6. The maximum absolute atomic E-state index is 12.6. The molecular formula is C22H37IN6O. The Labute approximate surface area is 198 Å². The molecule has 0 bridgehead atoms. The zero-order valence-corrected chi connectivity index (χ0v) is 20.8. The van der Waals surface area contributed by atoms with E-state index in [0.717, 1.165) is 58.1 Å². The number of benzene rings is 1. The van der Waals surface area contributed by atoms with Gasteiger partial charge in [0.2, 0.25) is 5.91 Å². The number of piperazine rings is 1. The number of aliphatic imine (C=N–C) groups is 1. The lowest BCUT2D eigenvalue weighted by molar-refractivity contribution is -0.130. The molecule has 168 valence electrons. The van der Waals surface area contributed by atoms with E-state index in [2.05, 4.69) is 63.5 Å². The van der Waals surface area contributed by atoms with E-state index in [1.54, 1.807) is 7.05 Å². The average molecular weight is 528 g/mol. The first-order valence-electron chi connectivity index (χ1n) is 10.9. The van der Waals surface area contributed by atoms with Gasteiger partial charge < -0.3 is 25.3 Å². The second-order valence-corrected chi connectivity index (χ2v) is 8.18. The fraction of sp³-hybridized carbons (Fsp3) is 0.636. The molecule has 0 aromatic heterocycles. The molecule has 8 heteroatoms. The molecule has 2 fully saturated rings. The lowest BCUT2D eigenvalue weighted by atomic mass is 10.0. The van der Waals surface area contributed by atoms with Crippen molar-refractivity contribution in [2.75, 3.05) is 57.8 Å². The average Bonchev–Trinajstić information content (AvgIpc) is 2.77. The Balaban J connectivity index is 0.00000320. The van der Waals surface area contributed by atoms with Gasteiger partial charge in [-0.2, -0.15) is 0 Å². The van der Waals surface area contributed by atoms with Crippen molar-refractivity contribution in [3.05, 3.63) is 30.3 Å². The van der Waals surface area contributed by atoms with Crippen molar-refractivity contribution >= 4 is 41.5 Å². The number of carbonyl (C=O) groups is 1. The Morgan fingerprint density at radius 1 is 1.07 bits per heavy atom. The number of anilines is 1. The fourth-order valence-electron chi connectivity index (χ4n) is 4.07. The monoisotopic (exact) mass is 528 g/mol. The van der Waals surface area contributed by atoms with Crippen LogP contribution in [0.3, 0.4) is 0 Å². The predicted molar refractivity (Wildman–Crippen MR) is 135 cm³/mol. The molecule has 3 rings (SSSR count). The van der Waals surface area contributed by atoms with Crippen LogP contribution in [0.1, 0.15) is 26.7 Å². The predicted octanol–water partition coefficient (Wildman–Crippen LogP) is 1.99. The molecule has 1 aromatic rings. The number of carbonyl (C=O) groups excluding carboxylic acids is 1. The van der Waals surface area contributed by atoms with Crippen LogP contribution in [0.5, 0.6) is 0 Å². The summed E-state index contributed by atoms with van der Waals surface area (Å²) in [6.45, 7) is 10.3. The van der Waals surface area contributed by atoms with Crippen LogP contribution in [0.15, 0.2) is 35.3 Å². The molecule has 2 N–H and O–H groups in total. The first kappa shape index (κ1) is 24.7. The Morgan fingerprint density at radius 3 is 2.27 bits per heavy atom. The summed E-state index contributed by atoms with van der Waals surface area (Å²) in [5.74, 6) is 0.861. The lowest BCUT2D eigenvalue weighted by Crippen LogP contribution is -2.53. The van der Waals surface area contributed by atoms with E-state index in [-0.39, 0.29) is 36.4 Å². The number of nitrogens with zero attached hydrogens (tertiary/aromatic N) is 4. The third-order valence-electron chi connectivity index (χ3n) is 5.99. The van der Waals surface area contributed by atoms with Gasteiger partial charge in [-0.15, -0.1) is 24.0 Å². The maximum atomic E-state index is 12.6. The molecular weight excluding hydrogens is 491 g/mol. The molecule has 7 nitrogen and oxygen atoms in total. The van der Waals surface area contributed by atoms with Crippen LogP contribution in [0.4, 0.5) is 5.69 Å². The minimum Gasteiger partial charge on any atom is -0.368 e. The van der Waals surface area contributed by atoms with Crippen LogP contribution in [0.2, 0.25) is 0 Å². The first-order chi connectivity index (χ1) is 14.1. The number of hydrogen-bond acceptors (Lipinski definition) is 4. The van der Waals surface area contributed by atoms with Gasteiger partial charge in [0.15, 0.2) is 5.96 Å². The topological polar surface area (TPSA) is 63.2 Å². The molecule has 1 aromatic carbocycles. The Morgan fingerprint density at radius 2 is 1.70 bits per heavy atom. The number of likely N-dealkylation sites (tertiary alicyclic amines) is 1. The van der Waals surface area contributed by atoms with Crippen LogP contribution < -0.4 is 15.5 Å². The number of nitrogens with one attached hydrogen (secondary N) is 2. The van der Waals surface area contributed by atoms with Crippen LogP contribution >= 0.6 is 24.0 Å². The van der Waals surface area contributed by atoms with Gasteiger partial charge in [0.05, 0.1) is 6.54 Å². The minimum atomic E-state index is 0. The number of amides is 1. The molecule has 0 aliphatic carbocycles. The lowest BCUT2D eigenvalue weighted by Gasteiger charge is -2.36. The first-order valence-corrected chi connectivity index (χ1v) is 10.9. The van der Waals surface area contributed by atoms with Crippen molar-refractivity contribution in [1.82, 2.24) is 20.4 Å². The fourth-order valence-corrected chi connectivity index (χ4v) is 4.07. The van der Waals surface area contributed by atoms with Gasteiger partial charge in [0, 0.05) is 64.1 Å². The second-order valence-electron chi connectivity index (χ2n) is 8.18. The zero-order valence-electron chi connectivity index (χ0n) is 18.5. The minimum absolute atomic E-state index is 0. The summed E-state index contributed by atoms with van der Waals surface area (Å²) < 4.78 is 0. The van der Waals surface area contributed by atoms with Crippen LogP contribution in [-0.2, 0) is 4.79 Å². The largest absolute Gasteiger partial charge is 0.368 e. The van der Waals surface area contributed by atoms with Crippen LogP contribution in [0.25, 0.3) is 0 Å². The SMILES string of the molecule is CN=C(NCC(=O)N1CCN(c2ccccc2)CC1)NC1CCN(C(C)C)CC1.I. The summed E-state index contributed by atoms with van der Waals surface area (Å²) in [5.41, 5.74) is 1.23. The highest BCUT2D eigenvalue weighted by molar-refractivity contribution is 14.0. The maximum Gasteiger partial charge on any atom is 0.242 e. The standard InChI is InChI=1S/C22H36N6O.HI/c1-18(2)26-11-9-19(10-12-26)25-22(23-3)24-17-21(29)28-15-13-27(14-16-28)20-7-5-4-6-8-20;/h4-8,18-19H,9-17H2,1-3H3,(H2,23,24,25);1H. The van der Waals surface area contributed by atoms with E-state index in [4.69, 9.17) is 0 Å². The third kappa shape index (κ3) is 7.01. The molecule has 30 heavy (non-hydrogen) atoms. The quantitative estimate of drug-likeness (QED) is 0.348. The highest BCUT2D eigenvalue weighted by Crippen LogP contribution is 2.15. The van der Waals surface area contributed by atoms with Gasteiger partial charge in [-0.05, 0) is 38.8 Å². The highest BCUT2D eigenvalue weighted by Gasteiger charge is 2.23. The van der Waals surface area contributed by atoms with E-state index in [9.17, 15) is 4.79 Å². The van der Waals surface area contributed by atoms with Crippen molar-refractivity contribution in [1.29, 1.82) is 0 Å². The number of guanidine groups is 1. The summed E-state index contributed by atoms with van der Waals surface area (Å²) in [7, 11) is 1.77. The van der Waals surface area contributed by atoms with E-state index >= 15 is 0 Å². The molecule has 0 unspecified atom stereocenters. The normalized spacial score (nSPS) is 18.9. The number of piperidine rings is 1. The smallest absolute Gasteiger partial charge is 0.242 e. The van der Waals surface area contributed by atoms with Gasteiger partial charge in [0.1, 0.15) is 0 Å². The molecule has 0 spiro atoms. The Bertz CT molecular complexity index is 667. The summed E-state index contributed by atoms with van der Waals surface area (Å²) in [4.78, 5) is 23.7. The summed E-state index contributed by atoms with van der Waals surface area (Å²) in [6, 6.07) is 11.4. The molecule has 0 radical (unpaired) electrons. The summed E-state index contributed by atoms with van der Waals surface area (Å²) >= 11 is 0. The number of halogens is 1. The van der Waals surface area contributed by atoms with Gasteiger partial charge in [-0.1, -0.05) is 18.2 Å². The number of hydrogen-bond donors (Lipinski definition) is 2. The van der Waals surface area contributed by atoms with E-state index in [0.29, 0.717) is 12.1 Å². The van der Waals surface area contributed by atoms with Gasteiger partial charge in [0.25, 0.3) is 0 Å². The van der Waals surface area contributed by atoms with Crippen molar-refractivity contribution in [2.24, 2.45) is 4.99 Å². The van der Waals surface area contributed by atoms with Gasteiger partial charge >= 0.3 is 0 Å². The molecule has 0 saturated carbocycles. The third-order valence-corrected chi connectivity index (χ3v) is 5.99. The molecule has 2 heterocycles. The molecule has 0 atom stereocenters. The van der Waals surface area contributed by atoms with Gasteiger partial charge in [-0.3, -0.25) is 9.79 Å². The van der Waals surface area contributed by atoms with Crippen LogP contribution in [0, 0.1) is 0 Å². The summed E-state index contributed by atoms with van der Waals surface area (Å²) in [6.07, 6.45) is 2.21.